The van der Waals surface area contributed by atoms with Crippen LogP contribution in [0.3, 0.4) is 0 Å². The van der Waals surface area contributed by atoms with Crippen molar-refractivity contribution < 1.29 is 9.21 Å². The van der Waals surface area contributed by atoms with E-state index in [1.807, 2.05) is 12.1 Å². The van der Waals surface area contributed by atoms with Gasteiger partial charge >= 0.3 is 6.03 Å². The summed E-state index contributed by atoms with van der Waals surface area (Å²) >= 11 is 0. The van der Waals surface area contributed by atoms with E-state index in [1.165, 1.54) is 0 Å². The van der Waals surface area contributed by atoms with Crippen LogP contribution in [0, 0.1) is 0 Å². The summed E-state index contributed by atoms with van der Waals surface area (Å²) in [5.41, 5.74) is 1.79. The van der Waals surface area contributed by atoms with Crippen LogP contribution in [-0.2, 0) is 0 Å². The van der Waals surface area contributed by atoms with E-state index in [0.717, 1.165) is 29.9 Å². The van der Waals surface area contributed by atoms with Crippen molar-refractivity contribution in [2.24, 2.45) is 0 Å². The molecule has 1 aliphatic heterocycles. The number of carbonyl (C=O) groups is 1. The highest BCUT2D eigenvalue weighted by Gasteiger charge is 2.26. The van der Waals surface area contributed by atoms with E-state index >= 15 is 0 Å². The summed E-state index contributed by atoms with van der Waals surface area (Å²) in [6.45, 7) is 1.30. The van der Waals surface area contributed by atoms with Crippen LogP contribution < -0.4 is 5.32 Å². The number of urea groups is 1. The number of anilines is 1. The third-order valence-corrected chi connectivity index (χ3v) is 4.45. The predicted molar refractivity (Wildman–Crippen MR) is 94.3 cm³/mol. The molecule has 26 heavy (non-hydrogen) atoms. The fraction of sp³-hybridized carbons (Fsp3) is 0.278. The van der Waals surface area contributed by atoms with Crippen LogP contribution in [0.5, 0.6) is 0 Å². The number of likely N-dealkylation sites (tertiary alicyclic amines) is 1. The van der Waals surface area contributed by atoms with Crippen LogP contribution in [0.2, 0.25) is 0 Å². The minimum absolute atomic E-state index is 0.156. The van der Waals surface area contributed by atoms with Crippen LogP contribution in [0.4, 0.5) is 10.6 Å². The van der Waals surface area contributed by atoms with Gasteiger partial charge in [-0.15, -0.1) is 5.10 Å². The van der Waals surface area contributed by atoms with E-state index in [0.29, 0.717) is 18.9 Å². The topological polar surface area (TPSA) is 97.0 Å². The molecule has 0 atom stereocenters. The molecule has 0 aliphatic carbocycles. The highest BCUT2D eigenvalue weighted by Crippen LogP contribution is 2.27. The molecule has 3 aromatic rings. The fourth-order valence-electron chi connectivity index (χ4n) is 3.04. The van der Waals surface area contributed by atoms with Crippen molar-refractivity contribution in [1.29, 1.82) is 0 Å². The third kappa shape index (κ3) is 3.53. The molecule has 4 heterocycles. The lowest BCUT2D eigenvalue weighted by Gasteiger charge is -2.31. The Kier molecular flexibility index (Phi) is 4.55. The Labute approximate surface area is 150 Å². The molecule has 0 saturated carbocycles. The first-order chi connectivity index (χ1) is 12.8. The first-order valence-electron chi connectivity index (χ1n) is 8.49. The van der Waals surface area contributed by atoms with Gasteiger partial charge in [-0.3, -0.25) is 5.32 Å². The number of aromatic nitrogens is 4. The van der Waals surface area contributed by atoms with Crippen molar-refractivity contribution in [3.63, 3.8) is 0 Å². The molecule has 2 amide bonds. The SMILES string of the molecule is O=C(Nc1cccnn1)N1CCC(c2nccc(-c3ccoc3)n2)CC1. The lowest BCUT2D eigenvalue weighted by Crippen LogP contribution is -2.41. The Morgan fingerprint density at radius 3 is 2.81 bits per heavy atom. The first kappa shape index (κ1) is 16.2. The maximum atomic E-state index is 12.3. The Hall–Kier alpha value is -3.29. The van der Waals surface area contributed by atoms with E-state index in [1.54, 1.807) is 42.0 Å². The Morgan fingerprint density at radius 1 is 1.19 bits per heavy atom. The molecule has 0 spiro atoms. The van der Waals surface area contributed by atoms with E-state index in [2.05, 4.69) is 25.5 Å². The molecule has 3 aromatic heterocycles. The summed E-state index contributed by atoms with van der Waals surface area (Å²) < 4.78 is 5.12. The zero-order valence-electron chi connectivity index (χ0n) is 14.1. The lowest BCUT2D eigenvalue weighted by atomic mass is 9.96. The summed E-state index contributed by atoms with van der Waals surface area (Å²) in [5.74, 6) is 1.51. The number of nitrogens with one attached hydrogen (secondary N) is 1. The van der Waals surface area contributed by atoms with Crippen LogP contribution in [0.15, 0.2) is 53.6 Å². The maximum Gasteiger partial charge on any atom is 0.323 e. The molecular weight excluding hydrogens is 332 g/mol. The molecule has 1 saturated heterocycles. The van der Waals surface area contributed by atoms with Gasteiger partial charge in [-0.05, 0) is 37.1 Å². The van der Waals surface area contributed by atoms with Gasteiger partial charge in [0.1, 0.15) is 5.82 Å². The third-order valence-electron chi connectivity index (χ3n) is 4.45. The minimum Gasteiger partial charge on any atom is -0.472 e. The summed E-state index contributed by atoms with van der Waals surface area (Å²) in [5, 5.41) is 10.4. The zero-order valence-corrected chi connectivity index (χ0v) is 14.1. The van der Waals surface area contributed by atoms with Gasteiger partial charge in [0.2, 0.25) is 0 Å². The molecule has 8 heteroatoms. The molecular formula is C18H18N6O2. The monoisotopic (exact) mass is 350 g/mol. The van der Waals surface area contributed by atoms with E-state index in [9.17, 15) is 4.79 Å². The highest BCUT2D eigenvalue weighted by atomic mass is 16.3. The van der Waals surface area contributed by atoms with Crippen LogP contribution in [0.25, 0.3) is 11.3 Å². The zero-order chi connectivity index (χ0) is 17.8. The highest BCUT2D eigenvalue weighted by molar-refractivity contribution is 5.88. The van der Waals surface area contributed by atoms with E-state index in [4.69, 9.17) is 4.42 Å². The molecule has 8 nitrogen and oxygen atoms in total. The molecule has 1 N–H and O–H groups in total. The molecule has 1 fully saturated rings. The van der Waals surface area contributed by atoms with Gasteiger partial charge in [-0.25, -0.2) is 14.8 Å². The fourth-order valence-corrected chi connectivity index (χ4v) is 3.04. The molecule has 132 valence electrons. The quantitative estimate of drug-likeness (QED) is 0.780. The number of carbonyl (C=O) groups excluding carboxylic acids is 1. The molecule has 0 unspecified atom stereocenters. The summed E-state index contributed by atoms with van der Waals surface area (Å²) in [6, 6.07) is 7.05. The van der Waals surface area contributed by atoms with E-state index in [-0.39, 0.29) is 11.9 Å². The smallest absolute Gasteiger partial charge is 0.323 e. The molecule has 0 radical (unpaired) electrons. The van der Waals surface area contributed by atoms with Crippen molar-refractivity contribution in [1.82, 2.24) is 25.1 Å². The Bertz CT molecular complexity index is 860. The van der Waals surface area contributed by atoms with Crippen LogP contribution >= 0.6 is 0 Å². The van der Waals surface area contributed by atoms with Gasteiger partial charge in [0.05, 0.1) is 18.2 Å². The van der Waals surface area contributed by atoms with Gasteiger partial charge in [0.25, 0.3) is 0 Å². The van der Waals surface area contributed by atoms with Crippen molar-refractivity contribution in [2.45, 2.75) is 18.8 Å². The van der Waals surface area contributed by atoms with Crippen molar-refractivity contribution >= 4 is 11.8 Å². The largest absolute Gasteiger partial charge is 0.472 e. The van der Waals surface area contributed by atoms with E-state index < -0.39 is 0 Å². The van der Waals surface area contributed by atoms with Crippen molar-refractivity contribution in [2.75, 3.05) is 18.4 Å². The first-order valence-corrected chi connectivity index (χ1v) is 8.49. The van der Waals surface area contributed by atoms with Crippen LogP contribution in [0.1, 0.15) is 24.6 Å². The van der Waals surface area contributed by atoms with Crippen molar-refractivity contribution in [3.8, 4) is 11.3 Å². The second-order valence-electron chi connectivity index (χ2n) is 6.11. The Morgan fingerprint density at radius 2 is 2.08 bits per heavy atom. The standard InChI is InChI=1S/C18H18N6O2/c25-18(22-16-2-1-7-20-23-16)24-9-4-13(5-10-24)17-19-8-3-15(21-17)14-6-11-26-12-14/h1-3,6-8,11-13H,4-5,9-10H2,(H,22,23,25). The van der Waals surface area contributed by atoms with Gasteiger partial charge in [-0.1, -0.05) is 0 Å². The Balaban J connectivity index is 1.38. The lowest BCUT2D eigenvalue weighted by molar-refractivity contribution is 0.193. The molecule has 4 rings (SSSR count). The average molecular weight is 350 g/mol. The summed E-state index contributed by atoms with van der Waals surface area (Å²) in [4.78, 5) is 23.2. The van der Waals surface area contributed by atoms with Crippen LogP contribution in [-0.4, -0.2) is 44.2 Å². The predicted octanol–water partition coefficient (Wildman–Crippen LogP) is 2.94. The number of amides is 2. The summed E-state index contributed by atoms with van der Waals surface area (Å²) in [6.07, 6.45) is 8.29. The number of furan rings is 1. The number of piperidine rings is 1. The second kappa shape index (κ2) is 7.30. The number of nitrogens with zero attached hydrogens (tertiary/aromatic N) is 5. The van der Waals surface area contributed by atoms with Gasteiger partial charge < -0.3 is 9.32 Å². The second-order valence-corrected chi connectivity index (χ2v) is 6.11. The summed E-state index contributed by atoms with van der Waals surface area (Å²) in [7, 11) is 0. The average Bonchev–Trinajstić information content (AvgIpc) is 3.24. The normalized spacial score (nSPS) is 15.0. The van der Waals surface area contributed by atoms with Gasteiger partial charge in [0, 0.05) is 37.0 Å². The molecule has 0 bridgehead atoms. The minimum atomic E-state index is -0.156. The number of hydrogen-bond acceptors (Lipinski definition) is 6. The maximum absolute atomic E-state index is 12.3. The number of rotatable bonds is 3. The molecule has 1 aliphatic rings. The van der Waals surface area contributed by atoms with Gasteiger partial charge in [-0.2, -0.15) is 5.10 Å². The molecule has 0 aromatic carbocycles. The van der Waals surface area contributed by atoms with Crippen molar-refractivity contribution in [3.05, 3.63) is 55.0 Å². The van der Waals surface area contributed by atoms with Gasteiger partial charge in [0.15, 0.2) is 5.82 Å². The number of hydrogen-bond donors (Lipinski definition) is 1.